The standard InChI is InChI=1S/C14H29N3O/c1-4-11(3)13(15)14(18)17-8-6-12(7-9-17)10-16-5-2/h11-13,16H,4-10,15H2,1-3H3. The van der Waals surface area contributed by atoms with Gasteiger partial charge in [-0.05, 0) is 37.8 Å². The van der Waals surface area contributed by atoms with Crippen LogP contribution in [0.2, 0.25) is 0 Å². The third kappa shape index (κ3) is 4.25. The summed E-state index contributed by atoms with van der Waals surface area (Å²) < 4.78 is 0. The average Bonchev–Trinajstić information content (AvgIpc) is 2.43. The summed E-state index contributed by atoms with van der Waals surface area (Å²) >= 11 is 0. The first-order valence-electron chi connectivity index (χ1n) is 7.35. The molecule has 0 bridgehead atoms. The molecule has 0 aliphatic carbocycles. The van der Waals surface area contributed by atoms with E-state index < -0.39 is 0 Å². The van der Waals surface area contributed by atoms with Crippen molar-refractivity contribution in [2.45, 2.75) is 46.1 Å². The third-order valence-corrected chi connectivity index (χ3v) is 4.15. The number of rotatable bonds is 6. The van der Waals surface area contributed by atoms with Gasteiger partial charge >= 0.3 is 0 Å². The number of hydrogen-bond donors (Lipinski definition) is 2. The molecular formula is C14H29N3O. The SMILES string of the molecule is CCNCC1CCN(C(=O)C(N)C(C)CC)CC1. The molecule has 1 rings (SSSR count). The molecule has 106 valence electrons. The molecule has 4 heteroatoms. The van der Waals surface area contributed by atoms with Crippen molar-refractivity contribution in [3.8, 4) is 0 Å². The van der Waals surface area contributed by atoms with Gasteiger partial charge in [0.05, 0.1) is 6.04 Å². The van der Waals surface area contributed by atoms with Crippen molar-refractivity contribution in [3.63, 3.8) is 0 Å². The van der Waals surface area contributed by atoms with E-state index in [0.717, 1.165) is 45.4 Å². The molecule has 0 aromatic carbocycles. The van der Waals surface area contributed by atoms with Crippen molar-refractivity contribution in [2.75, 3.05) is 26.2 Å². The molecule has 3 N–H and O–H groups in total. The van der Waals surface area contributed by atoms with Gasteiger partial charge in [-0.3, -0.25) is 4.79 Å². The van der Waals surface area contributed by atoms with Gasteiger partial charge in [-0.2, -0.15) is 0 Å². The zero-order valence-corrected chi connectivity index (χ0v) is 12.1. The lowest BCUT2D eigenvalue weighted by molar-refractivity contribution is -0.135. The fourth-order valence-corrected chi connectivity index (χ4v) is 2.41. The van der Waals surface area contributed by atoms with E-state index in [-0.39, 0.29) is 17.9 Å². The summed E-state index contributed by atoms with van der Waals surface area (Å²) in [6.45, 7) is 10.1. The molecule has 1 heterocycles. The number of nitrogens with one attached hydrogen (secondary N) is 1. The minimum Gasteiger partial charge on any atom is -0.341 e. The van der Waals surface area contributed by atoms with Crippen LogP contribution in [0.1, 0.15) is 40.0 Å². The average molecular weight is 255 g/mol. The van der Waals surface area contributed by atoms with Gasteiger partial charge in [0.15, 0.2) is 0 Å². The smallest absolute Gasteiger partial charge is 0.239 e. The summed E-state index contributed by atoms with van der Waals surface area (Å²) in [5.74, 6) is 1.14. The van der Waals surface area contributed by atoms with Crippen LogP contribution in [0.5, 0.6) is 0 Å². The molecule has 1 fully saturated rings. The van der Waals surface area contributed by atoms with Crippen molar-refractivity contribution < 1.29 is 4.79 Å². The first-order valence-corrected chi connectivity index (χ1v) is 7.35. The molecule has 2 atom stereocenters. The lowest BCUT2D eigenvalue weighted by atomic mass is 9.94. The zero-order valence-electron chi connectivity index (χ0n) is 12.1. The highest BCUT2D eigenvalue weighted by Crippen LogP contribution is 2.18. The van der Waals surface area contributed by atoms with E-state index in [9.17, 15) is 4.79 Å². The number of carbonyl (C=O) groups excluding carboxylic acids is 1. The van der Waals surface area contributed by atoms with E-state index in [1.54, 1.807) is 0 Å². The van der Waals surface area contributed by atoms with Crippen molar-refractivity contribution in [1.82, 2.24) is 10.2 Å². The monoisotopic (exact) mass is 255 g/mol. The minimum atomic E-state index is -0.319. The van der Waals surface area contributed by atoms with Gasteiger partial charge in [0.1, 0.15) is 0 Å². The van der Waals surface area contributed by atoms with Gasteiger partial charge in [-0.1, -0.05) is 27.2 Å². The predicted octanol–water partition coefficient (Wildman–Crippen LogP) is 1.21. The maximum atomic E-state index is 12.2. The number of carbonyl (C=O) groups is 1. The zero-order chi connectivity index (χ0) is 13.5. The van der Waals surface area contributed by atoms with Gasteiger partial charge < -0.3 is 16.0 Å². The molecule has 18 heavy (non-hydrogen) atoms. The Kier molecular flexibility index (Phi) is 6.65. The summed E-state index contributed by atoms with van der Waals surface area (Å²) in [5.41, 5.74) is 6.01. The number of nitrogens with two attached hydrogens (primary N) is 1. The fourth-order valence-electron chi connectivity index (χ4n) is 2.41. The molecule has 2 unspecified atom stereocenters. The molecule has 1 amide bonds. The number of hydrogen-bond acceptors (Lipinski definition) is 3. The maximum Gasteiger partial charge on any atom is 0.239 e. The number of piperidine rings is 1. The lowest BCUT2D eigenvalue weighted by Gasteiger charge is -2.34. The van der Waals surface area contributed by atoms with Gasteiger partial charge in [0, 0.05) is 13.1 Å². The van der Waals surface area contributed by atoms with Crippen LogP contribution in [0.15, 0.2) is 0 Å². The van der Waals surface area contributed by atoms with Crippen molar-refractivity contribution >= 4 is 5.91 Å². The summed E-state index contributed by atoms with van der Waals surface area (Å²) in [7, 11) is 0. The quantitative estimate of drug-likeness (QED) is 0.750. The topological polar surface area (TPSA) is 58.4 Å². The highest BCUT2D eigenvalue weighted by atomic mass is 16.2. The Balaban J connectivity index is 2.35. The summed E-state index contributed by atoms with van der Waals surface area (Å²) in [5, 5.41) is 3.38. The predicted molar refractivity (Wildman–Crippen MR) is 75.3 cm³/mol. The van der Waals surface area contributed by atoms with Gasteiger partial charge in [-0.15, -0.1) is 0 Å². The Morgan fingerprint density at radius 2 is 2.00 bits per heavy atom. The van der Waals surface area contributed by atoms with E-state index in [2.05, 4.69) is 26.1 Å². The van der Waals surface area contributed by atoms with E-state index in [4.69, 9.17) is 5.73 Å². The van der Waals surface area contributed by atoms with Gasteiger partial charge in [-0.25, -0.2) is 0 Å². The van der Waals surface area contributed by atoms with Crippen LogP contribution in [-0.2, 0) is 4.79 Å². The van der Waals surface area contributed by atoms with Crippen LogP contribution in [0, 0.1) is 11.8 Å². The number of amides is 1. The van der Waals surface area contributed by atoms with E-state index in [0.29, 0.717) is 5.92 Å². The molecule has 0 spiro atoms. The normalized spacial score (nSPS) is 20.8. The number of nitrogens with zero attached hydrogens (tertiary/aromatic N) is 1. The second-order valence-electron chi connectivity index (χ2n) is 5.49. The van der Waals surface area contributed by atoms with Crippen LogP contribution in [-0.4, -0.2) is 43.0 Å². The molecule has 1 aliphatic heterocycles. The van der Waals surface area contributed by atoms with Gasteiger partial charge in [0.25, 0.3) is 0 Å². The Bertz CT molecular complexity index is 249. The third-order valence-electron chi connectivity index (χ3n) is 4.15. The Labute approximate surface area is 111 Å². The molecular weight excluding hydrogens is 226 g/mol. The van der Waals surface area contributed by atoms with Crippen LogP contribution in [0.3, 0.4) is 0 Å². The second kappa shape index (κ2) is 7.74. The Hall–Kier alpha value is -0.610. The highest BCUT2D eigenvalue weighted by molar-refractivity contribution is 5.82. The molecule has 0 radical (unpaired) electrons. The van der Waals surface area contributed by atoms with E-state index in [1.165, 1.54) is 0 Å². The lowest BCUT2D eigenvalue weighted by Crippen LogP contribution is -2.50. The molecule has 0 aromatic rings. The maximum absolute atomic E-state index is 12.2. The Morgan fingerprint density at radius 3 is 2.50 bits per heavy atom. The molecule has 4 nitrogen and oxygen atoms in total. The molecule has 1 aliphatic rings. The number of likely N-dealkylation sites (tertiary alicyclic amines) is 1. The fraction of sp³-hybridized carbons (Fsp3) is 0.929. The summed E-state index contributed by atoms with van der Waals surface area (Å²) in [6.07, 6.45) is 3.17. The molecule has 0 aromatic heterocycles. The second-order valence-corrected chi connectivity index (χ2v) is 5.49. The van der Waals surface area contributed by atoms with Crippen molar-refractivity contribution in [2.24, 2.45) is 17.6 Å². The van der Waals surface area contributed by atoms with Crippen molar-refractivity contribution in [3.05, 3.63) is 0 Å². The van der Waals surface area contributed by atoms with E-state index >= 15 is 0 Å². The van der Waals surface area contributed by atoms with Crippen LogP contribution in [0.25, 0.3) is 0 Å². The first kappa shape index (κ1) is 15.4. The van der Waals surface area contributed by atoms with Crippen LogP contribution in [0.4, 0.5) is 0 Å². The first-order chi connectivity index (χ1) is 8.60. The highest BCUT2D eigenvalue weighted by Gasteiger charge is 2.28. The minimum absolute atomic E-state index is 0.145. The van der Waals surface area contributed by atoms with Crippen LogP contribution < -0.4 is 11.1 Å². The summed E-state index contributed by atoms with van der Waals surface area (Å²) in [6, 6.07) is -0.319. The van der Waals surface area contributed by atoms with Crippen LogP contribution >= 0.6 is 0 Å². The van der Waals surface area contributed by atoms with Crippen molar-refractivity contribution in [1.29, 1.82) is 0 Å². The largest absolute Gasteiger partial charge is 0.341 e. The summed E-state index contributed by atoms with van der Waals surface area (Å²) in [4.78, 5) is 14.2. The van der Waals surface area contributed by atoms with E-state index in [1.807, 2.05) is 4.90 Å². The Morgan fingerprint density at radius 1 is 1.39 bits per heavy atom. The molecule has 0 saturated carbocycles. The van der Waals surface area contributed by atoms with Gasteiger partial charge in [0.2, 0.25) is 5.91 Å². The molecule has 1 saturated heterocycles.